The molecule has 0 amide bonds. The molecule has 0 aliphatic carbocycles. The van der Waals surface area contributed by atoms with Gasteiger partial charge in [-0.3, -0.25) is 0 Å². The Kier molecular flexibility index (Phi) is 4.08. The lowest BCUT2D eigenvalue weighted by Gasteiger charge is -2.02. The molecule has 1 aromatic heterocycles. The lowest BCUT2D eigenvalue weighted by molar-refractivity contribution is 1.76. The number of benzene rings is 5. The van der Waals surface area contributed by atoms with Gasteiger partial charge in [-0.25, -0.2) is 0 Å². The van der Waals surface area contributed by atoms with E-state index >= 15 is 0 Å². The van der Waals surface area contributed by atoms with E-state index < -0.39 is 0 Å². The molecular formula is C26H18S. The van der Waals surface area contributed by atoms with Crippen LogP contribution in [-0.2, 0) is 0 Å². The minimum Gasteiger partial charge on any atom is -0.135 e. The van der Waals surface area contributed by atoms with Crippen molar-refractivity contribution >= 4 is 53.1 Å². The quantitative estimate of drug-likeness (QED) is 0.240. The van der Waals surface area contributed by atoms with Crippen molar-refractivity contribution in [1.29, 1.82) is 0 Å². The van der Waals surface area contributed by atoms with Crippen molar-refractivity contribution in [2.45, 2.75) is 0 Å². The molecule has 27 heavy (non-hydrogen) atoms. The van der Waals surface area contributed by atoms with Gasteiger partial charge in [-0.2, -0.15) is 0 Å². The Labute approximate surface area is 162 Å². The van der Waals surface area contributed by atoms with Crippen molar-refractivity contribution in [3.05, 3.63) is 109 Å². The average molecular weight is 362 g/mol. The summed E-state index contributed by atoms with van der Waals surface area (Å²) in [4.78, 5) is 0. The van der Waals surface area contributed by atoms with E-state index in [4.69, 9.17) is 0 Å². The highest BCUT2D eigenvalue weighted by molar-refractivity contribution is 7.25. The Bertz CT molecular complexity index is 1270. The maximum absolute atomic E-state index is 2.19. The van der Waals surface area contributed by atoms with E-state index in [2.05, 4.69) is 109 Å². The Balaban J connectivity index is 0.000000119. The summed E-state index contributed by atoms with van der Waals surface area (Å²) in [5.74, 6) is 0. The first-order chi connectivity index (χ1) is 13.4. The predicted octanol–water partition coefficient (Wildman–Crippen LogP) is 8.05. The molecule has 1 heteroatoms. The normalized spacial score (nSPS) is 11.0. The maximum atomic E-state index is 2.19. The SMILES string of the molecule is c1ccc2c(c1)ccc1ccccc12.c1ccc2c(c1)sc1ccccc12. The van der Waals surface area contributed by atoms with E-state index in [0.717, 1.165) is 0 Å². The fourth-order valence-corrected chi connectivity index (χ4v) is 4.74. The van der Waals surface area contributed by atoms with Crippen LogP contribution in [0.3, 0.4) is 0 Å². The average Bonchev–Trinajstić information content (AvgIpc) is 3.13. The van der Waals surface area contributed by atoms with Crippen LogP contribution in [0.5, 0.6) is 0 Å². The van der Waals surface area contributed by atoms with Gasteiger partial charge in [0.15, 0.2) is 0 Å². The molecule has 0 radical (unpaired) electrons. The molecule has 0 bridgehead atoms. The van der Waals surface area contributed by atoms with E-state index in [9.17, 15) is 0 Å². The van der Waals surface area contributed by atoms with E-state index in [1.54, 1.807) is 0 Å². The summed E-state index contributed by atoms with van der Waals surface area (Å²) >= 11 is 1.86. The van der Waals surface area contributed by atoms with Crippen molar-refractivity contribution in [3.8, 4) is 0 Å². The molecule has 0 atom stereocenters. The summed E-state index contributed by atoms with van der Waals surface area (Å²) < 4.78 is 2.76. The standard InChI is InChI=1S/C14H10.C12H8S/c1-3-7-13-11(5-1)9-10-12-6-2-4-8-14(12)13;1-3-7-11-9(5-1)10-6-2-4-8-12(10)13-11/h1-10H;1-8H. The Morgan fingerprint density at radius 3 is 1.19 bits per heavy atom. The first kappa shape index (κ1) is 16.0. The van der Waals surface area contributed by atoms with Crippen LogP contribution in [-0.4, -0.2) is 0 Å². The largest absolute Gasteiger partial charge is 0.135 e. The molecule has 0 aliphatic rings. The molecule has 0 spiro atoms. The van der Waals surface area contributed by atoms with Crippen LogP contribution in [0.2, 0.25) is 0 Å². The zero-order valence-electron chi connectivity index (χ0n) is 14.8. The molecule has 1 heterocycles. The van der Waals surface area contributed by atoms with Crippen molar-refractivity contribution in [3.63, 3.8) is 0 Å². The Morgan fingerprint density at radius 2 is 0.704 bits per heavy atom. The summed E-state index contributed by atoms with van der Waals surface area (Å²) in [6.07, 6.45) is 0. The van der Waals surface area contributed by atoms with Gasteiger partial charge in [-0.05, 0) is 33.7 Å². The van der Waals surface area contributed by atoms with Gasteiger partial charge in [-0.1, -0.05) is 97.1 Å². The smallest absolute Gasteiger partial charge is 0.0355 e. The van der Waals surface area contributed by atoms with Gasteiger partial charge >= 0.3 is 0 Å². The van der Waals surface area contributed by atoms with Crippen molar-refractivity contribution < 1.29 is 0 Å². The van der Waals surface area contributed by atoms with Gasteiger partial charge in [0.25, 0.3) is 0 Å². The molecule has 128 valence electrons. The molecule has 0 saturated carbocycles. The monoisotopic (exact) mass is 362 g/mol. The summed E-state index contributed by atoms with van der Waals surface area (Å²) in [5, 5.41) is 8.06. The fourth-order valence-electron chi connectivity index (χ4n) is 3.63. The van der Waals surface area contributed by atoms with Crippen LogP contribution in [0.15, 0.2) is 109 Å². The van der Waals surface area contributed by atoms with E-state index in [1.807, 2.05) is 11.3 Å². The first-order valence-electron chi connectivity index (χ1n) is 9.13. The van der Waals surface area contributed by atoms with Crippen LogP contribution in [0.4, 0.5) is 0 Å². The van der Waals surface area contributed by atoms with Gasteiger partial charge < -0.3 is 0 Å². The van der Waals surface area contributed by atoms with Crippen LogP contribution >= 0.6 is 11.3 Å². The number of thiophene rings is 1. The first-order valence-corrected chi connectivity index (χ1v) is 9.94. The third-order valence-electron chi connectivity index (χ3n) is 4.94. The Hall–Kier alpha value is -3.16. The number of fused-ring (bicyclic) bond motifs is 6. The van der Waals surface area contributed by atoms with Crippen LogP contribution in [0.25, 0.3) is 41.7 Å². The molecule has 0 unspecified atom stereocenters. The summed E-state index contributed by atoms with van der Waals surface area (Å²) in [6, 6.07) is 38.5. The van der Waals surface area contributed by atoms with Crippen molar-refractivity contribution in [2.75, 3.05) is 0 Å². The van der Waals surface area contributed by atoms with Gasteiger partial charge in [0.1, 0.15) is 0 Å². The second-order valence-corrected chi connectivity index (χ2v) is 7.69. The van der Waals surface area contributed by atoms with Crippen LogP contribution in [0.1, 0.15) is 0 Å². The lowest BCUT2D eigenvalue weighted by Crippen LogP contribution is -1.75. The van der Waals surface area contributed by atoms with E-state index in [1.165, 1.54) is 41.7 Å². The zero-order valence-corrected chi connectivity index (χ0v) is 15.6. The lowest BCUT2D eigenvalue weighted by atomic mass is 10.0. The maximum Gasteiger partial charge on any atom is 0.0355 e. The van der Waals surface area contributed by atoms with Crippen molar-refractivity contribution in [2.24, 2.45) is 0 Å². The van der Waals surface area contributed by atoms with Gasteiger partial charge in [-0.15, -0.1) is 11.3 Å². The number of hydrogen-bond acceptors (Lipinski definition) is 1. The molecule has 6 aromatic rings. The highest BCUT2D eigenvalue weighted by Gasteiger charge is 2.01. The second-order valence-electron chi connectivity index (χ2n) is 6.60. The van der Waals surface area contributed by atoms with Gasteiger partial charge in [0.2, 0.25) is 0 Å². The molecular weight excluding hydrogens is 344 g/mol. The van der Waals surface area contributed by atoms with Gasteiger partial charge in [0, 0.05) is 20.2 Å². The molecule has 0 N–H and O–H groups in total. The Morgan fingerprint density at radius 1 is 0.333 bits per heavy atom. The minimum atomic E-state index is 1.31. The number of rotatable bonds is 0. The highest BCUT2D eigenvalue weighted by atomic mass is 32.1. The predicted molar refractivity (Wildman–Crippen MR) is 121 cm³/mol. The molecule has 0 saturated heterocycles. The van der Waals surface area contributed by atoms with Crippen molar-refractivity contribution in [1.82, 2.24) is 0 Å². The molecule has 0 aliphatic heterocycles. The summed E-state index contributed by atoms with van der Waals surface area (Å²) in [5.41, 5.74) is 0. The van der Waals surface area contributed by atoms with Gasteiger partial charge in [0.05, 0.1) is 0 Å². The minimum absolute atomic E-state index is 1.31. The topological polar surface area (TPSA) is 0 Å². The second kappa shape index (κ2) is 6.86. The third kappa shape index (κ3) is 2.97. The summed E-state index contributed by atoms with van der Waals surface area (Å²) in [7, 11) is 0. The van der Waals surface area contributed by atoms with Crippen LogP contribution < -0.4 is 0 Å². The van der Waals surface area contributed by atoms with Crippen LogP contribution in [0, 0.1) is 0 Å². The molecule has 0 fully saturated rings. The van der Waals surface area contributed by atoms with E-state index in [-0.39, 0.29) is 0 Å². The molecule has 0 nitrogen and oxygen atoms in total. The molecule has 5 aromatic carbocycles. The summed E-state index contributed by atoms with van der Waals surface area (Å²) in [6.45, 7) is 0. The highest BCUT2D eigenvalue weighted by Crippen LogP contribution is 2.32. The number of hydrogen-bond donors (Lipinski definition) is 0. The fraction of sp³-hybridized carbons (Fsp3) is 0. The molecule has 6 rings (SSSR count). The zero-order chi connectivity index (χ0) is 18.1. The third-order valence-corrected chi connectivity index (χ3v) is 6.09. The van der Waals surface area contributed by atoms with E-state index in [0.29, 0.717) is 0 Å².